The van der Waals surface area contributed by atoms with Crippen molar-refractivity contribution in [1.29, 1.82) is 0 Å². The minimum Gasteiger partial charge on any atom is -0.497 e. The summed E-state index contributed by atoms with van der Waals surface area (Å²) in [5, 5.41) is 10.2. The van der Waals surface area contributed by atoms with Gasteiger partial charge < -0.3 is 20.7 Å². The van der Waals surface area contributed by atoms with Gasteiger partial charge >= 0.3 is 0 Å². The summed E-state index contributed by atoms with van der Waals surface area (Å²) in [6.07, 6.45) is 0. The fraction of sp³-hybridized carbons (Fsp3) is 0.158. The Balaban J connectivity index is 1.91. The van der Waals surface area contributed by atoms with Crippen molar-refractivity contribution >= 4 is 40.5 Å². The van der Waals surface area contributed by atoms with E-state index < -0.39 is 0 Å². The number of nitrogens with one attached hydrogen (secondary N) is 3. The summed E-state index contributed by atoms with van der Waals surface area (Å²) in [5.74, 6) is 0.534. The van der Waals surface area contributed by atoms with Crippen LogP contribution in [0, 0.1) is 0 Å². The Morgan fingerprint density at radius 1 is 1.15 bits per heavy atom. The molecule has 26 heavy (non-hydrogen) atoms. The minimum atomic E-state index is -0.359. The molecule has 0 fully saturated rings. The van der Waals surface area contributed by atoms with Crippen LogP contribution < -0.4 is 20.7 Å². The van der Waals surface area contributed by atoms with Gasteiger partial charge in [0, 0.05) is 16.4 Å². The first-order valence-electron chi connectivity index (χ1n) is 7.97. The van der Waals surface area contributed by atoms with Crippen molar-refractivity contribution in [3.05, 3.63) is 70.4 Å². The molecule has 3 rings (SSSR count). The Kier molecular flexibility index (Phi) is 5.44. The van der Waals surface area contributed by atoms with Crippen molar-refractivity contribution in [3.8, 4) is 5.75 Å². The highest BCUT2D eigenvalue weighted by atomic mass is 35.5. The number of rotatable bonds is 4. The van der Waals surface area contributed by atoms with Crippen LogP contribution in [0.5, 0.6) is 5.75 Å². The molecule has 1 heterocycles. The van der Waals surface area contributed by atoms with Crippen molar-refractivity contribution in [1.82, 2.24) is 10.6 Å². The minimum absolute atomic E-state index is 0.215. The fourth-order valence-electron chi connectivity index (χ4n) is 2.77. The van der Waals surface area contributed by atoms with Crippen LogP contribution in [0.2, 0.25) is 5.02 Å². The zero-order valence-electron chi connectivity index (χ0n) is 14.3. The molecule has 1 unspecified atom stereocenters. The molecule has 0 spiro atoms. The van der Waals surface area contributed by atoms with Crippen LogP contribution in [-0.2, 0) is 4.79 Å². The highest BCUT2D eigenvalue weighted by molar-refractivity contribution is 7.80. The Morgan fingerprint density at radius 3 is 2.42 bits per heavy atom. The van der Waals surface area contributed by atoms with Crippen molar-refractivity contribution in [3.63, 3.8) is 0 Å². The molecule has 1 atom stereocenters. The largest absolute Gasteiger partial charge is 0.497 e. The van der Waals surface area contributed by atoms with Crippen LogP contribution in [0.15, 0.2) is 59.8 Å². The van der Waals surface area contributed by atoms with E-state index in [9.17, 15) is 4.79 Å². The summed E-state index contributed by atoms with van der Waals surface area (Å²) in [6.45, 7) is 1.83. The van der Waals surface area contributed by atoms with Crippen LogP contribution in [0.4, 0.5) is 5.69 Å². The number of anilines is 1. The van der Waals surface area contributed by atoms with Gasteiger partial charge in [-0.3, -0.25) is 4.79 Å². The van der Waals surface area contributed by atoms with E-state index >= 15 is 0 Å². The van der Waals surface area contributed by atoms with Crippen LogP contribution in [-0.4, -0.2) is 18.1 Å². The third-order valence-corrected chi connectivity index (χ3v) is 4.54. The van der Waals surface area contributed by atoms with E-state index in [0.717, 1.165) is 11.3 Å². The zero-order chi connectivity index (χ0) is 18.7. The molecule has 0 bridgehead atoms. The van der Waals surface area contributed by atoms with Gasteiger partial charge in [-0.1, -0.05) is 23.7 Å². The van der Waals surface area contributed by atoms with E-state index in [-0.39, 0.29) is 11.9 Å². The lowest BCUT2D eigenvalue weighted by Gasteiger charge is -2.30. The number of allylic oxidation sites excluding steroid dienone is 1. The standard InChI is InChI=1S/C19H18ClN3O2S/c1-11-16(18(24)22-14-7-5-13(20)6-8-14)17(23-19(26)21-11)12-3-9-15(25-2)10-4-12/h3-10,17H,1-2H3,(H,22,24)(H2,21,23,26). The van der Waals surface area contributed by atoms with Gasteiger partial charge in [0.1, 0.15) is 5.75 Å². The summed E-state index contributed by atoms with van der Waals surface area (Å²) >= 11 is 11.2. The van der Waals surface area contributed by atoms with Crippen LogP contribution in [0.1, 0.15) is 18.5 Å². The van der Waals surface area contributed by atoms with E-state index in [4.69, 9.17) is 28.6 Å². The molecule has 0 saturated heterocycles. The van der Waals surface area contributed by atoms with Crippen LogP contribution in [0.25, 0.3) is 0 Å². The average Bonchev–Trinajstić information content (AvgIpc) is 2.63. The van der Waals surface area contributed by atoms with Crippen molar-refractivity contribution in [2.24, 2.45) is 0 Å². The highest BCUT2D eigenvalue weighted by Gasteiger charge is 2.29. The number of carbonyl (C=O) groups excluding carboxylic acids is 1. The third-order valence-electron chi connectivity index (χ3n) is 4.06. The van der Waals surface area contributed by atoms with Gasteiger partial charge in [-0.25, -0.2) is 0 Å². The van der Waals surface area contributed by atoms with Crippen LogP contribution in [0.3, 0.4) is 0 Å². The summed E-state index contributed by atoms with van der Waals surface area (Å²) in [7, 11) is 1.61. The number of benzene rings is 2. The molecular formula is C19H18ClN3O2S. The molecule has 3 N–H and O–H groups in total. The smallest absolute Gasteiger partial charge is 0.255 e. The van der Waals surface area contributed by atoms with E-state index in [0.29, 0.717) is 27.1 Å². The molecule has 2 aromatic rings. The van der Waals surface area contributed by atoms with E-state index in [2.05, 4.69) is 16.0 Å². The molecular weight excluding hydrogens is 370 g/mol. The number of ether oxygens (including phenoxy) is 1. The average molecular weight is 388 g/mol. The molecule has 0 aliphatic carbocycles. The second kappa shape index (κ2) is 7.76. The number of hydrogen-bond acceptors (Lipinski definition) is 3. The maximum Gasteiger partial charge on any atom is 0.255 e. The molecule has 2 aromatic carbocycles. The lowest BCUT2D eigenvalue weighted by Crippen LogP contribution is -2.45. The molecule has 134 valence electrons. The number of amides is 1. The molecule has 7 heteroatoms. The Labute approximate surface area is 162 Å². The zero-order valence-corrected chi connectivity index (χ0v) is 15.9. The second-order valence-electron chi connectivity index (χ2n) is 5.80. The molecule has 1 amide bonds. The number of carbonyl (C=O) groups is 1. The lowest BCUT2D eigenvalue weighted by molar-refractivity contribution is -0.113. The van der Waals surface area contributed by atoms with Gasteiger partial charge in [0.2, 0.25) is 0 Å². The SMILES string of the molecule is COc1ccc(C2NC(=S)NC(C)=C2C(=O)Nc2ccc(Cl)cc2)cc1. The fourth-order valence-corrected chi connectivity index (χ4v) is 3.17. The topological polar surface area (TPSA) is 62.4 Å². The van der Waals surface area contributed by atoms with E-state index in [1.54, 1.807) is 31.4 Å². The van der Waals surface area contributed by atoms with Crippen molar-refractivity contribution < 1.29 is 9.53 Å². The second-order valence-corrected chi connectivity index (χ2v) is 6.65. The number of halogens is 1. The summed E-state index contributed by atoms with van der Waals surface area (Å²) in [5.41, 5.74) is 2.86. The van der Waals surface area contributed by atoms with Crippen LogP contribution >= 0.6 is 23.8 Å². The molecule has 5 nitrogen and oxygen atoms in total. The quantitative estimate of drug-likeness (QED) is 0.697. The van der Waals surface area contributed by atoms with E-state index in [1.807, 2.05) is 31.2 Å². The maximum absolute atomic E-state index is 12.9. The molecule has 0 saturated carbocycles. The Bertz CT molecular complexity index is 863. The lowest BCUT2D eigenvalue weighted by atomic mass is 9.95. The first-order chi connectivity index (χ1) is 12.5. The van der Waals surface area contributed by atoms with Gasteiger partial charge in [0.05, 0.1) is 18.7 Å². The molecule has 1 aliphatic rings. The normalized spacial score (nSPS) is 16.6. The number of hydrogen-bond donors (Lipinski definition) is 3. The molecule has 1 aliphatic heterocycles. The first kappa shape index (κ1) is 18.2. The van der Waals surface area contributed by atoms with Gasteiger partial charge in [-0.15, -0.1) is 0 Å². The summed E-state index contributed by atoms with van der Waals surface area (Å²) in [4.78, 5) is 12.9. The maximum atomic E-state index is 12.9. The van der Waals surface area contributed by atoms with Gasteiger partial charge in [-0.05, 0) is 61.1 Å². The van der Waals surface area contributed by atoms with Gasteiger partial charge in [0.15, 0.2) is 5.11 Å². The van der Waals surface area contributed by atoms with Gasteiger partial charge in [-0.2, -0.15) is 0 Å². The number of thiocarbonyl (C=S) groups is 1. The third kappa shape index (κ3) is 3.98. The summed E-state index contributed by atoms with van der Waals surface area (Å²) < 4.78 is 5.20. The molecule has 0 aromatic heterocycles. The predicted molar refractivity (Wildman–Crippen MR) is 107 cm³/mol. The summed E-state index contributed by atoms with van der Waals surface area (Å²) in [6, 6.07) is 14.1. The first-order valence-corrected chi connectivity index (χ1v) is 8.75. The number of methoxy groups -OCH3 is 1. The Hall–Kier alpha value is -2.57. The van der Waals surface area contributed by atoms with Crippen molar-refractivity contribution in [2.75, 3.05) is 12.4 Å². The predicted octanol–water partition coefficient (Wildman–Crippen LogP) is 3.78. The van der Waals surface area contributed by atoms with Gasteiger partial charge in [0.25, 0.3) is 5.91 Å². The molecule has 0 radical (unpaired) electrons. The monoisotopic (exact) mass is 387 g/mol. The van der Waals surface area contributed by atoms with E-state index in [1.165, 1.54) is 0 Å². The van der Waals surface area contributed by atoms with Crippen molar-refractivity contribution in [2.45, 2.75) is 13.0 Å². The highest BCUT2D eigenvalue weighted by Crippen LogP contribution is 2.29. The Morgan fingerprint density at radius 2 is 1.81 bits per heavy atom.